The third kappa shape index (κ3) is 2.58. The highest BCUT2D eigenvalue weighted by Gasteiger charge is 2.37. The third-order valence-electron chi connectivity index (χ3n) is 4.36. The molecular formula is C13H26N2O. The van der Waals surface area contributed by atoms with Crippen molar-refractivity contribution in [2.75, 3.05) is 26.2 Å². The molecule has 0 radical (unpaired) electrons. The van der Waals surface area contributed by atoms with E-state index < -0.39 is 0 Å². The lowest BCUT2D eigenvalue weighted by molar-refractivity contribution is 0.148. The average molecular weight is 226 g/mol. The van der Waals surface area contributed by atoms with Gasteiger partial charge in [-0.25, -0.2) is 0 Å². The molecule has 2 fully saturated rings. The molecule has 0 aliphatic carbocycles. The molecule has 0 bridgehead atoms. The number of rotatable bonds is 4. The van der Waals surface area contributed by atoms with Gasteiger partial charge in [0, 0.05) is 18.1 Å². The molecule has 0 aromatic rings. The number of aliphatic hydroxyl groups is 1. The van der Waals surface area contributed by atoms with E-state index in [2.05, 4.69) is 24.1 Å². The highest BCUT2D eigenvalue weighted by atomic mass is 16.3. The molecule has 2 saturated heterocycles. The Hall–Kier alpha value is -0.120. The van der Waals surface area contributed by atoms with E-state index in [4.69, 9.17) is 0 Å². The Morgan fingerprint density at radius 1 is 1.50 bits per heavy atom. The molecule has 0 spiro atoms. The molecule has 3 nitrogen and oxygen atoms in total. The Kier molecular flexibility index (Phi) is 3.88. The standard InChI is InChI=1S/C13H26N2O/c1-11(2)15-7-4-12(9-15)8-13(10-16)5-3-6-14-13/h11-12,14,16H,3-10H2,1-2H3. The fourth-order valence-electron chi connectivity index (χ4n) is 3.29. The molecule has 2 aliphatic heterocycles. The van der Waals surface area contributed by atoms with Crippen LogP contribution in [0.4, 0.5) is 0 Å². The molecule has 3 heteroatoms. The first-order valence-corrected chi connectivity index (χ1v) is 6.75. The normalized spacial score (nSPS) is 36.4. The largest absolute Gasteiger partial charge is 0.394 e. The molecule has 0 aromatic carbocycles. The Balaban J connectivity index is 1.86. The van der Waals surface area contributed by atoms with Crippen LogP contribution >= 0.6 is 0 Å². The van der Waals surface area contributed by atoms with Crippen LogP contribution in [0.2, 0.25) is 0 Å². The summed E-state index contributed by atoms with van der Waals surface area (Å²) in [6.07, 6.45) is 4.84. The number of aliphatic hydroxyl groups excluding tert-OH is 1. The average Bonchev–Trinajstić information content (AvgIpc) is 2.88. The highest BCUT2D eigenvalue weighted by Crippen LogP contribution is 2.31. The predicted octanol–water partition coefficient (Wildman–Crippen LogP) is 1.22. The summed E-state index contributed by atoms with van der Waals surface area (Å²) in [5, 5.41) is 13.1. The minimum atomic E-state index is 0.0532. The van der Waals surface area contributed by atoms with Crippen LogP contribution in [0, 0.1) is 5.92 Å². The minimum Gasteiger partial charge on any atom is -0.394 e. The van der Waals surface area contributed by atoms with E-state index >= 15 is 0 Å². The van der Waals surface area contributed by atoms with Crippen molar-refractivity contribution < 1.29 is 5.11 Å². The van der Waals surface area contributed by atoms with Gasteiger partial charge < -0.3 is 15.3 Å². The maximum atomic E-state index is 9.58. The highest BCUT2D eigenvalue weighted by molar-refractivity contribution is 4.96. The SMILES string of the molecule is CC(C)N1CCC(CC2(CO)CCCN2)C1. The summed E-state index contributed by atoms with van der Waals surface area (Å²) in [6.45, 7) is 8.41. The first-order valence-electron chi connectivity index (χ1n) is 6.75. The van der Waals surface area contributed by atoms with Crippen molar-refractivity contribution in [3.63, 3.8) is 0 Å². The Bertz CT molecular complexity index is 224. The minimum absolute atomic E-state index is 0.0532. The predicted molar refractivity (Wildman–Crippen MR) is 66.5 cm³/mol. The smallest absolute Gasteiger partial charge is 0.0613 e. The lowest BCUT2D eigenvalue weighted by Gasteiger charge is -2.30. The van der Waals surface area contributed by atoms with Crippen LogP contribution in [0.25, 0.3) is 0 Å². The van der Waals surface area contributed by atoms with Crippen LogP contribution in [-0.2, 0) is 0 Å². The molecule has 2 heterocycles. The lowest BCUT2D eigenvalue weighted by atomic mass is 9.86. The van der Waals surface area contributed by atoms with Crippen LogP contribution in [0.5, 0.6) is 0 Å². The van der Waals surface area contributed by atoms with Crippen LogP contribution in [0.1, 0.15) is 39.5 Å². The van der Waals surface area contributed by atoms with E-state index in [0.29, 0.717) is 12.6 Å². The molecule has 2 unspecified atom stereocenters. The van der Waals surface area contributed by atoms with Crippen molar-refractivity contribution in [3.05, 3.63) is 0 Å². The van der Waals surface area contributed by atoms with E-state index in [-0.39, 0.29) is 5.54 Å². The number of likely N-dealkylation sites (tertiary alicyclic amines) is 1. The van der Waals surface area contributed by atoms with Gasteiger partial charge in [0.1, 0.15) is 0 Å². The summed E-state index contributed by atoms with van der Waals surface area (Å²) in [6, 6.07) is 0.673. The van der Waals surface area contributed by atoms with Crippen LogP contribution < -0.4 is 5.32 Å². The van der Waals surface area contributed by atoms with Gasteiger partial charge in [0.25, 0.3) is 0 Å². The van der Waals surface area contributed by atoms with Crippen LogP contribution in [0.15, 0.2) is 0 Å². The molecule has 2 atom stereocenters. The Labute approximate surface area is 99.2 Å². The molecular weight excluding hydrogens is 200 g/mol. The number of hydrogen-bond acceptors (Lipinski definition) is 3. The van der Waals surface area contributed by atoms with Gasteiger partial charge in [0.2, 0.25) is 0 Å². The summed E-state index contributed by atoms with van der Waals surface area (Å²) in [7, 11) is 0. The molecule has 2 aliphatic rings. The second-order valence-electron chi connectivity index (χ2n) is 5.92. The van der Waals surface area contributed by atoms with Gasteiger partial charge in [-0.15, -0.1) is 0 Å². The van der Waals surface area contributed by atoms with Crippen molar-refractivity contribution in [3.8, 4) is 0 Å². The van der Waals surface area contributed by atoms with Crippen LogP contribution in [-0.4, -0.2) is 47.8 Å². The van der Waals surface area contributed by atoms with E-state index in [9.17, 15) is 5.11 Å². The van der Waals surface area contributed by atoms with Crippen molar-refractivity contribution >= 4 is 0 Å². The van der Waals surface area contributed by atoms with Crippen molar-refractivity contribution in [1.29, 1.82) is 0 Å². The van der Waals surface area contributed by atoms with E-state index in [1.54, 1.807) is 0 Å². The van der Waals surface area contributed by atoms with Crippen molar-refractivity contribution in [2.45, 2.75) is 51.1 Å². The lowest BCUT2D eigenvalue weighted by Crippen LogP contribution is -2.45. The van der Waals surface area contributed by atoms with Gasteiger partial charge in [-0.05, 0) is 58.5 Å². The molecule has 0 aromatic heterocycles. The Morgan fingerprint density at radius 2 is 2.31 bits per heavy atom. The number of nitrogens with zero attached hydrogens (tertiary/aromatic N) is 1. The fourth-order valence-corrected chi connectivity index (χ4v) is 3.29. The van der Waals surface area contributed by atoms with Gasteiger partial charge in [-0.1, -0.05) is 0 Å². The summed E-state index contributed by atoms with van der Waals surface area (Å²) in [5.74, 6) is 0.778. The molecule has 16 heavy (non-hydrogen) atoms. The second-order valence-corrected chi connectivity index (χ2v) is 5.92. The van der Waals surface area contributed by atoms with E-state index in [1.807, 2.05) is 0 Å². The van der Waals surface area contributed by atoms with E-state index in [0.717, 1.165) is 25.3 Å². The van der Waals surface area contributed by atoms with Crippen LogP contribution in [0.3, 0.4) is 0 Å². The topological polar surface area (TPSA) is 35.5 Å². The molecule has 94 valence electrons. The Morgan fingerprint density at radius 3 is 2.81 bits per heavy atom. The summed E-state index contributed by atoms with van der Waals surface area (Å²) >= 11 is 0. The quantitative estimate of drug-likeness (QED) is 0.756. The zero-order chi connectivity index (χ0) is 11.6. The molecule has 2 N–H and O–H groups in total. The number of nitrogens with one attached hydrogen (secondary N) is 1. The number of hydrogen-bond donors (Lipinski definition) is 2. The van der Waals surface area contributed by atoms with Gasteiger partial charge in [-0.2, -0.15) is 0 Å². The molecule has 0 saturated carbocycles. The van der Waals surface area contributed by atoms with Crippen molar-refractivity contribution in [1.82, 2.24) is 10.2 Å². The fraction of sp³-hybridized carbons (Fsp3) is 1.00. The summed E-state index contributed by atoms with van der Waals surface area (Å²) in [5.41, 5.74) is 0.0532. The van der Waals surface area contributed by atoms with Gasteiger partial charge >= 0.3 is 0 Å². The van der Waals surface area contributed by atoms with Crippen molar-refractivity contribution in [2.24, 2.45) is 5.92 Å². The van der Waals surface area contributed by atoms with Gasteiger partial charge in [0.05, 0.1) is 6.61 Å². The first kappa shape index (κ1) is 12.3. The zero-order valence-corrected chi connectivity index (χ0v) is 10.7. The monoisotopic (exact) mass is 226 g/mol. The first-order chi connectivity index (χ1) is 7.65. The maximum Gasteiger partial charge on any atom is 0.0613 e. The van der Waals surface area contributed by atoms with E-state index in [1.165, 1.54) is 25.9 Å². The van der Waals surface area contributed by atoms with Gasteiger partial charge in [-0.3, -0.25) is 0 Å². The summed E-state index contributed by atoms with van der Waals surface area (Å²) < 4.78 is 0. The third-order valence-corrected chi connectivity index (χ3v) is 4.36. The zero-order valence-electron chi connectivity index (χ0n) is 10.7. The maximum absolute atomic E-state index is 9.58. The van der Waals surface area contributed by atoms with Gasteiger partial charge in [0.15, 0.2) is 0 Å². The summed E-state index contributed by atoms with van der Waals surface area (Å²) in [4.78, 5) is 2.56. The molecule has 2 rings (SSSR count). The molecule has 0 amide bonds. The second kappa shape index (κ2) is 5.03.